The molecular formula is C14H18N2O4S. The number of hydrogen-bond donors (Lipinski definition) is 0. The van der Waals surface area contributed by atoms with Gasteiger partial charge in [0.1, 0.15) is 0 Å². The lowest BCUT2D eigenvalue weighted by atomic mass is 10.1. The van der Waals surface area contributed by atoms with Crippen molar-refractivity contribution in [3.8, 4) is 0 Å². The third-order valence-corrected chi connectivity index (χ3v) is 5.59. The van der Waals surface area contributed by atoms with Crippen molar-refractivity contribution in [1.29, 1.82) is 0 Å². The third-order valence-electron chi connectivity index (χ3n) is 3.67. The standard InChI is InChI=1S/C14H18N2O4S/c1-10-8-11(16(18)19)4-5-12(10)13(17)15-6-7-21(20)14(2,3)9-15/h4-5,8H,6-7,9H2,1-3H3/t21-/m1/s1. The van der Waals surface area contributed by atoms with Crippen LogP contribution in [-0.2, 0) is 10.8 Å². The second-order valence-electron chi connectivity index (χ2n) is 5.79. The Kier molecular flexibility index (Phi) is 4.13. The van der Waals surface area contributed by atoms with E-state index in [1.165, 1.54) is 18.2 Å². The first kappa shape index (κ1) is 15.6. The van der Waals surface area contributed by atoms with E-state index in [4.69, 9.17) is 0 Å². The molecule has 7 heteroatoms. The van der Waals surface area contributed by atoms with Crippen LogP contribution in [0.25, 0.3) is 0 Å². The van der Waals surface area contributed by atoms with Crippen molar-refractivity contribution in [2.24, 2.45) is 0 Å². The maximum atomic E-state index is 12.6. The average molecular weight is 310 g/mol. The Labute approximate surface area is 125 Å². The average Bonchev–Trinajstić information content (AvgIpc) is 2.40. The first-order valence-electron chi connectivity index (χ1n) is 6.65. The van der Waals surface area contributed by atoms with Crippen LogP contribution in [0.2, 0.25) is 0 Å². The predicted octanol–water partition coefficient (Wildman–Crippen LogP) is 1.89. The van der Waals surface area contributed by atoms with Crippen molar-refractivity contribution in [3.05, 3.63) is 39.4 Å². The van der Waals surface area contributed by atoms with Crippen LogP contribution in [-0.4, -0.2) is 43.5 Å². The van der Waals surface area contributed by atoms with Crippen LogP contribution < -0.4 is 0 Å². The number of hydrogen-bond acceptors (Lipinski definition) is 4. The van der Waals surface area contributed by atoms with Gasteiger partial charge in [-0.2, -0.15) is 0 Å². The van der Waals surface area contributed by atoms with Crippen LogP contribution in [0.4, 0.5) is 5.69 Å². The molecule has 0 bridgehead atoms. The van der Waals surface area contributed by atoms with E-state index in [1.54, 1.807) is 11.8 Å². The van der Waals surface area contributed by atoms with E-state index in [1.807, 2.05) is 13.8 Å². The van der Waals surface area contributed by atoms with Crippen LogP contribution in [0.1, 0.15) is 29.8 Å². The van der Waals surface area contributed by atoms with E-state index in [0.717, 1.165) is 0 Å². The number of nitro groups is 1. The van der Waals surface area contributed by atoms with Crippen LogP contribution in [0.5, 0.6) is 0 Å². The quantitative estimate of drug-likeness (QED) is 0.617. The fraction of sp³-hybridized carbons (Fsp3) is 0.500. The zero-order valence-corrected chi connectivity index (χ0v) is 13.1. The molecular weight excluding hydrogens is 292 g/mol. The molecule has 1 aliphatic rings. The maximum Gasteiger partial charge on any atom is 0.269 e. The van der Waals surface area contributed by atoms with Crippen LogP contribution in [0.3, 0.4) is 0 Å². The topological polar surface area (TPSA) is 80.5 Å². The normalized spacial score (nSPS) is 21.1. The molecule has 0 unspecified atom stereocenters. The molecule has 21 heavy (non-hydrogen) atoms. The van der Waals surface area contributed by atoms with Gasteiger partial charge in [-0.3, -0.25) is 19.1 Å². The number of carbonyl (C=O) groups excluding carboxylic acids is 1. The van der Waals surface area contributed by atoms with E-state index < -0.39 is 20.5 Å². The Hall–Kier alpha value is -1.76. The Balaban J connectivity index is 2.25. The Morgan fingerprint density at radius 2 is 2.10 bits per heavy atom. The molecule has 1 heterocycles. The number of amides is 1. The SMILES string of the molecule is Cc1cc([N+](=O)[O-])ccc1C(=O)N1CC[S@@](=O)C(C)(C)C1. The van der Waals surface area contributed by atoms with E-state index in [2.05, 4.69) is 0 Å². The summed E-state index contributed by atoms with van der Waals surface area (Å²) in [6.45, 7) is 6.32. The van der Waals surface area contributed by atoms with Gasteiger partial charge in [0.05, 0.1) is 9.67 Å². The van der Waals surface area contributed by atoms with Crippen molar-refractivity contribution in [1.82, 2.24) is 4.90 Å². The van der Waals surface area contributed by atoms with E-state index >= 15 is 0 Å². The highest BCUT2D eigenvalue weighted by molar-refractivity contribution is 7.86. The van der Waals surface area contributed by atoms with Crippen LogP contribution in [0.15, 0.2) is 18.2 Å². The molecule has 1 aliphatic heterocycles. The summed E-state index contributed by atoms with van der Waals surface area (Å²) in [4.78, 5) is 24.5. The molecule has 1 fully saturated rings. The number of benzene rings is 1. The summed E-state index contributed by atoms with van der Waals surface area (Å²) in [5.74, 6) is 0.303. The molecule has 2 rings (SSSR count). The first-order chi connectivity index (χ1) is 9.72. The molecule has 1 atom stereocenters. The molecule has 0 aromatic heterocycles. The predicted molar refractivity (Wildman–Crippen MR) is 80.8 cm³/mol. The minimum Gasteiger partial charge on any atom is -0.336 e. The number of non-ortho nitro benzene ring substituents is 1. The number of nitro benzene ring substituents is 1. The fourth-order valence-electron chi connectivity index (χ4n) is 2.43. The van der Waals surface area contributed by atoms with Crippen molar-refractivity contribution in [3.63, 3.8) is 0 Å². The summed E-state index contributed by atoms with van der Waals surface area (Å²) in [5, 5.41) is 10.7. The van der Waals surface area contributed by atoms with Crippen LogP contribution >= 0.6 is 0 Å². The van der Waals surface area contributed by atoms with Gasteiger partial charge >= 0.3 is 0 Å². The highest BCUT2D eigenvalue weighted by Gasteiger charge is 2.35. The van der Waals surface area contributed by atoms with E-state index in [0.29, 0.717) is 30.0 Å². The molecule has 0 radical (unpaired) electrons. The number of aryl methyl sites for hydroxylation is 1. The summed E-state index contributed by atoms with van der Waals surface area (Å²) in [7, 11) is -0.943. The van der Waals surface area contributed by atoms with E-state index in [9.17, 15) is 19.1 Å². The third kappa shape index (κ3) is 3.12. The molecule has 0 aliphatic carbocycles. The Morgan fingerprint density at radius 1 is 1.43 bits per heavy atom. The minimum absolute atomic E-state index is 0.0240. The highest BCUT2D eigenvalue weighted by Crippen LogP contribution is 2.24. The smallest absolute Gasteiger partial charge is 0.269 e. The Bertz CT molecular complexity index is 627. The van der Waals surface area contributed by atoms with Gasteiger partial charge in [-0.25, -0.2) is 0 Å². The molecule has 0 spiro atoms. The lowest BCUT2D eigenvalue weighted by Gasteiger charge is -2.37. The summed E-state index contributed by atoms with van der Waals surface area (Å²) in [6.07, 6.45) is 0. The second kappa shape index (κ2) is 5.55. The zero-order chi connectivity index (χ0) is 15.8. The van der Waals surface area contributed by atoms with Gasteiger partial charge in [0.15, 0.2) is 0 Å². The fourth-order valence-corrected chi connectivity index (χ4v) is 3.66. The molecule has 6 nitrogen and oxygen atoms in total. The zero-order valence-electron chi connectivity index (χ0n) is 12.3. The summed E-state index contributed by atoms with van der Waals surface area (Å²) in [6, 6.07) is 4.24. The molecule has 1 aromatic rings. The highest BCUT2D eigenvalue weighted by atomic mass is 32.2. The summed E-state index contributed by atoms with van der Waals surface area (Å²) >= 11 is 0. The first-order valence-corrected chi connectivity index (χ1v) is 7.97. The maximum absolute atomic E-state index is 12.6. The second-order valence-corrected chi connectivity index (χ2v) is 8.00. The van der Waals surface area contributed by atoms with E-state index in [-0.39, 0.29) is 11.6 Å². The summed E-state index contributed by atoms with van der Waals surface area (Å²) in [5.41, 5.74) is 1.02. The lowest BCUT2D eigenvalue weighted by molar-refractivity contribution is -0.384. The monoisotopic (exact) mass is 310 g/mol. The molecule has 0 N–H and O–H groups in total. The van der Waals surface area contributed by atoms with Crippen molar-refractivity contribution in [2.75, 3.05) is 18.8 Å². The van der Waals surface area contributed by atoms with Gasteiger partial charge in [-0.05, 0) is 32.4 Å². The van der Waals surface area contributed by atoms with Gasteiger partial charge in [0.25, 0.3) is 11.6 Å². The van der Waals surface area contributed by atoms with Gasteiger partial charge < -0.3 is 4.90 Å². The molecule has 114 valence electrons. The van der Waals surface area contributed by atoms with Crippen molar-refractivity contribution in [2.45, 2.75) is 25.5 Å². The largest absolute Gasteiger partial charge is 0.336 e. The Morgan fingerprint density at radius 3 is 2.62 bits per heavy atom. The van der Waals surface area contributed by atoms with Crippen molar-refractivity contribution >= 4 is 22.4 Å². The number of rotatable bonds is 2. The number of nitrogens with zero attached hydrogens (tertiary/aromatic N) is 2. The summed E-state index contributed by atoms with van der Waals surface area (Å²) < 4.78 is 11.5. The lowest BCUT2D eigenvalue weighted by Crippen LogP contribution is -2.52. The molecule has 1 saturated heterocycles. The number of carbonyl (C=O) groups is 1. The molecule has 1 aromatic carbocycles. The van der Waals surface area contributed by atoms with Crippen LogP contribution in [0, 0.1) is 17.0 Å². The molecule has 0 saturated carbocycles. The van der Waals surface area contributed by atoms with Gasteiger partial charge in [-0.1, -0.05) is 0 Å². The molecule has 1 amide bonds. The minimum atomic E-state index is -0.943. The van der Waals surface area contributed by atoms with Gasteiger partial charge in [-0.15, -0.1) is 0 Å². The van der Waals surface area contributed by atoms with Gasteiger partial charge in [0, 0.05) is 47.3 Å². The van der Waals surface area contributed by atoms with Crippen molar-refractivity contribution < 1.29 is 13.9 Å². The van der Waals surface area contributed by atoms with Gasteiger partial charge in [0.2, 0.25) is 0 Å².